The van der Waals surface area contributed by atoms with Gasteiger partial charge in [-0.25, -0.2) is 0 Å². The summed E-state index contributed by atoms with van der Waals surface area (Å²) in [7, 11) is 0. The number of aliphatic hydroxyl groups is 1. The fraction of sp³-hybridized carbons (Fsp3) is 0.121. The van der Waals surface area contributed by atoms with Gasteiger partial charge in [0.05, 0.1) is 11.6 Å². The highest BCUT2D eigenvalue weighted by atomic mass is 16.5. The minimum Gasteiger partial charge on any atom is -0.507 e. The van der Waals surface area contributed by atoms with Crippen LogP contribution in [-0.2, 0) is 16.1 Å². The molecule has 200 valence electrons. The Morgan fingerprint density at radius 3 is 2.52 bits per heavy atom. The van der Waals surface area contributed by atoms with E-state index in [0.29, 0.717) is 35.0 Å². The molecule has 0 radical (unpaired) electrons. The number of carbonyl (C=O) groups is 2. The summed E-state index contributed by atoms with van der Waals surface area (Å²) in [4.78, 5) is 32.5. The van der Waals surface area contributed by atoms with E-state index in [2.05, 4.69) is 11.6 Å². The summed E-state index contributed by atoms with van der Waals surface area (Å²) in [5.41, 5.74) is 2.56. The van der Waals surface area contributed by atoms with Crippen molar-refractivity contribution in [3.63, 3.8) is 0 Å². The summed E-state index contributed by atoms with van der Waals surface area (Å²) in [5.74, 6) is 0.104. The minimum absolute atomic E-state index is 0.00455. The SMILES string of the molecule is C=CCOc1ccc(C(O)=C2C(=O)C(=O)N(Cc3cccnc3)[C@@H]2c2cccc(Oc3ccccc3)c2)cc1C. The standard InChI is InChI=1S/C33H28N2O5/c1-3-17-39-28-15-14-25(18-22(28)2)31(36)29-30(35(33(38)32(29)37)21-23-9-8-16-34-20-23)24-10-7-13-27(19-24)40-26-11-5-4-6-12-26/h3-16,18-20,30,36H,1,17,21H2,2H3/t30-/m1/s1. The Bertz CT molecular complexity index is 1580. The second-order valence-corrected chi connectivity index (χ2v) is 9.36. The quantitative estimate of drug-likeness (QED) is 0.117. The molecule has 7 nitrogen and oxygen atoms in total. The molecule has 1 N–H and O–H groups in total. The lowest BCUT2D eigenvalue weighted by Gasteiger charge is -2.25. The van der Waals surface area contributed by atoms with Crippen LogP contribution in [0.25, 0.3) is 5.76 Å². The Balaban J connectivity index is 1.60. The van der Waals surface area contributed by atoms with Crippen LogP contribution < -0.4 is 9.47 Å². The molecular weight excluding hydrogens is 504 g/mol. The van der Waals surface area contributed by atoms with Gasteiger partial charge < -0.3 is 19.5 Å². The van der Waals surface area contributed by atoms with Gasteiger partial charge in [-0.2, -0.15) is 0 Å². The van der Waals surface area contributed by atoms with Crippen LogP contribution in [0.5, 0.6) is 17.2 Å². The van der Waals surface area contributed by atoms with Crippen LogP contribution >= 0.6 is 0 Å². The number of pyridine rings is 1. The molecule has 7 heteroatoms. The predicted octanol–water partition coefficient (Wildman–Crippen LogP) is 6.37. The van der Waals surface area contributed by atoms with Crippen LogP contribution in [0, 0.1) is 6.92 Å². The number of carbonyl (C=O) groups excluding carboxylic acids is 2. The van der Waals surface area contributed by atoms with Crippen molar-refractivity contribution >= 4 is 17.4 Å². The molecule has 0 bridgehead atoms. The molecule has 1 saturated heterocycles. The number of rotatable bonds is 9. The molecule has 1 aliphatic rings. The van der Waals surface area contributed by atoms with Gasteiger partial charge in [0.25, 0.3) is 11.7 Å². The minimum atomic E-state index is -0.850. The maximum atomic E-state index is 13.5. The van der Waals surface area contributed by atoms with Crippen molar-refractivity contribution in [3.8, 4) is 17.2 Å². The molecule has 1 atom stereocenters. The van der Waals surface area contributed by atoms with Gasteiger partial charge in [0.2, 0.25) is 0 Å². The van der Waals surface area contributed by atoms with E-state index in [1.807, 2.05) is 49.4 Å². The molecule has 1 fully saturated rings. The summed E-state index contributed by atoms with van der Waals surface area (Å²) in [5, 5.41) is 11.5. The van der Waals surface area contributed by atoms with Crippen LogP contribution in [0.4, 0.5) is 0 Å². The number of ether oxygens (including phenoxy) is 2. The highest BCUT2D eigenvalue weighted by Crippen LogP contribution is 2.41. The highest BCUT2D eigenvalue weighted by Gasteiger charge is 2.46. The summed E-state index contributed by atoms with van der Waals surface area (Å²) in [6, 6.07) is 24.4. The van der Waals surface area contributed by atoms with Crippen LogP contribution in [0.2, 0.25) is 0 Å². The molecule has 2 heterocycles. The Kier molecular flexibility index (Phi) is 7.73. The summed E-state index contributed by atoms with van der Waals surface area (Å²) < 4.78 is 11.7. The van der Waals surface area contributed by atoms with Gasteiger partial charge >= 0.3 is 0 Å². The largest absolute Gasteiger partial charge is 0.507 e. The number of para-hydroxylation sites is 1. The fourth-order valence-electron chi connectivity index (χ4n) is 4.71. The van der Waals surface area contributed by atoms with Crippen molar-refractivity contribution in [2.24, 2.45) is 0 Å². The number of aliphatic hydroxyl groups excluding tert-OH is 1. The molecule has 0 spiro atoms. The first-order valence-corrected chi connectivity index (χ1v) is 12.8. The van der Waals surface area contributed by atoms with E-state index < -0.39 is 17.7 Å². The zero-order valence-corrected chi connectivity index (χ0v) is 22.0. The number of Topliss-reactive ketones (excluding diaryl/α,β-unsaturated/α-hetero) is 1. The van der Waals surface area contributed by atoms with E-state index >= 15 is 0 Å². The Morgan fingerprint density at radius 2 is 1.80 bits per heavy atom. The molecule has 4 aromatic rings. The second-order valence-electron chi connectivity index (χ2n) is 9.36. The van der Waals surface area contributed by atoms with E-state index in [0.717, 1.165) is 11.1 Å². The lowest BCUT2D eigenvalue weighted by Crippen LogP contribution is -2.29. The van der Waals surface area contributed by atoms with Crippen LogP contribution in [0.15, 0.2) is 116 Å². The van der Waals surface area contributed by atoms with Gasteiger partial charge in [-0.1, -0.05) is 49.1 Å². The third kappa shape index (κ3) is 5.49. The predicted molar refractivity (Wildman–Crippen MR) is 152 cm³/mol. The van der Waals surface area contributed by atoms with Crippen molar-refractivity contribution in [3.05, 3.63) is 138 Å². The zero-order chi connectivity index (χ0) is 28.1. The van der Waals surface area contributed by atoms with Gasteiger partial charge in [-0.05, 0) is 72.1 Å². The Morgan fingerprint density at radius 1 is 1.00 bits per heavy atom. The molecule has 0 unspecified atom stereocenters. The third-order valence-electron chi connectivity index (χ3n) is 6.57. The third-order valence-corrected chi connectivity index (χ3v) is 6.57. The maximum absolute atomic E-state index is 13.5. The van der Waals surface area contributed by atoms with E-state index in [4.69, 9.17) is 9.47 Å². The molecular formula is C33H28N2O5. The summed E-state index contributed by atoms with van der Waals surface area (Å²) in [6.45, 7) is 5.98. The lowest BCUT2D eigenvalue weighted by atomic mass is 9.94. The monoisotopic (exact) mass is 532 g/mol. The number of benzene rings is 3. The van der Waals surface area contributed by atoms with Crippen molar-refractivity contribution in [2.75, 3.05) is 6.61 Å². The Hall–Kier alpha value is -5.17. The van der Waals surface area contributed by atoms with Crippen LogP contribution in [0.1, 0.15) is 28.3 Å². The number of amides is 1. The molecule has 3 aromatic carbocycles. The number of hydrogen-bond donors (Lipinski definition) is 1. The van der Waals surface area contributed by atoms with Crippen molar-refractivity contribution < 1.29 is 24.2 Å². The molecule has 40 heavy (non-hydrogen) atoms. The van der Waals surface area contributed by atoms with Gasteiger partial charge in [-0.15, -0.1) is 0 Å². The average molecular weight is 533 g/mol. The number of aryl methyl sites for hydroxylation is 1. The first-order chi connectivity index (χ1) is 19.5. The number of nitrogens with zero attached hydrogens (tertiary/aromatic N) is 2. The molecule has 1 amide bonds. The number of ketones is 1. The first-order valence-electron chi connectivity index (χ1n) is 12.8. The normalized spacial score (nSPS) is 16.1. The maximum Gasteiger partial charge on any atom is 0.295 e. The summed E-state index contributed by atoms with van der Waals surface area (Å²) >= 11 is 0. The molecule has 0 saturated carbocycles. The van der Waals surface area contributed by atoms with Gasteiger partial charge in [0.15, 0.2) is 0 Å². The average Bonchev–Trinajstić information content (AvgIpc) is 3.22. The van der Waals surface area contributed by atoms with Gasteiger partial charge in [0.1, 0.15) is 29.6 Å². The molecule has 1 aliphatic heterocycles. The van der Waals surface area contributed by atoms with E-state index in [-0.39, 0.29) is 17.9 Å². The van der Waals surface area contributed by atoms with Crippen molar-refractivity contribution in [1.82, 2.24) is 9.88 Å². The summed E-state index contributed by atoms with van der Waals surface area (Å²) in [6.07, 6.45) is 4.94. The van der Waals surface area contributed by atoms with Crippen LogP contribution in [0.3, 0.4) is 0 Å². The van der Waals surface area contributed by atoms with Crippen molar-refractivity contribution in [1.29, 1.82) is 0 Å². The van der Waals surface area contributed by atoms with E-state index in [1.54, 1.807) is 60.9 Å². The molecule has 0 aliphatic carbocycles. The van der Waals surface area contributed by atoms with Gasteiger partial charge in [0, 0.05) is 24.5 Å². The highest BCUT2D eigenvalue weighted by molar-refractivity contribution is 6.46. The second kappa shape index (κ2) is 11.7. The first kappa shape index (κ1) is 26.4. The zero-order valence-electron chi connectivity index (χ0n) is 22.0. The van der Waals surface area contributed by atoms with E-state index in [9.17, 15) is 14.7 Å². The Labute approximate surface area is 232 Å². The van der Waals surface area contributed by atoms with E-state index in [1.165, 1.54) is 4.90 Å². The fourth-order valence-corrected chi connectivity index (χ4v) is 4.71. The van der Waals surface area contributed by atoms with Crippen molar-refractivity contribution in [2.45, 2.75) is 19.5 Å². The van der Waals surface area contributed by atoms with Crippen LogP contribution in [-0.4, -0.2) is 33.3 Å². The topological polar surface area (TPSA) is 89.0 Å². The smallest absolute Gasteiger partial charge is 0.295 e. The molecule has 1 aromatic heterocycles. The number of likely N-dealkylation sites (tertiary alicyclic amines) is 1. The molecule has 5 rings (SSSR count). The number of hydrogen-bond acceptors (Lipinski definition) is 6. The van der Waals surface area contributed by atoms with Gasteiger partial charge in [-0.3, -0.25) is 14.6 Å². The lowest BCUT2D eigenvalue weighted by molar-refractivity contribution is -0.140. The number of aromatic nitrogens is 1.